The number of nitrogens with one attached hydrogen (secondary N) is 1. The van der Waals surface area contributed by atoms with Crippen molar-refractivity contribution in [3.63, 3.8) is 0 Å². The Morgan fingerprint density at radius 2 is 2.27 bits per heavy atom. The van der Waals surface area contributed by atoms with E-state index in [-0.39, 0.29) is 0 Å². The lowest BCUT2D eigenvalue weighted by Crippen LogP contribution is -2.17. The molecule has 1 aliphatic carbocycles. The van der Waals surface area contributed by atoms with Crippen LogP contribution in [0, 0.1) is 12.8 Å². The fraction of sp³-hybridized carbons (Fsp3) is 0.571. The minimum atomic E-state index is 0.308. The van der Waals surface area contributed by atoms with Crippen molar-refractivity contribution < 1.29 is 9.15 Å². The first-order valence-corrected chi connectivity index (χ1v) is 7.64. The molecule has 1 fully saturated rings. The maximum Gasteiger partial charge on any atom is 0.318 e. The van der Waals surface area contributed by atoms with Crippen LogP contribution in [0.4, 0.5) is 5.82 Å². The Labute approximate surface area is 133 Å². The highest BCUT2D eigenvalue weighted by molar-refractivity contribution is 6.32. The largest absolute Gasteiger partial charge is 0.467 e. The Kier molecular flexibility index (Phi) is 4.42. The van der Waals surface area contributed by atoms with Gasteiger partial charge in [0.25, 0.3) is 0 Å². The number of methoxy groups -OCH3 is 1. The van der Waals surface area contributed by atoms with Gasteiger partial charge in [-0.3, -0.25) is 0 Å². The van der Waals surface area contributed by atoms with Crippen molar-refractivity contribution >= 4 is 17.4 Å². The molecule has 22 heavy (non-hydrogen) atoms. The molecule has 0 unspecified atom stereocenters. The highest BCUT2D eigenvalue weighted by Gasteiger charge is 2.27. The predicted octanol–water partition coefficient (Wildman–Crippen LogP) is 2.65. The Morgan fingerprint density at radius 3 is 3.00 bits per heavy atom. The van der Waals surface area contributed by atoms with Crippen LogP contribution in [0.15, 0.2) is 10.6 Å². The van der Waals surface area contributed by atoms with Crippen molar-refractivity contribution in [2.75, 3.05) is 12.4 Å². The molecule has 0 saturated heterocycles. The second-order valence-electron chi connectivity index (χ2n) is 5.49. The summed E-state index contributed by atoms with van der Waals surface area (Å²) in [6.45, 7) is 1.81. The minimum Gasteiger partial charge on any atom is -0.467 e. The zero-order chi connectivity index (χ0) is 15.5. The van der Waals surface area contributed by atoms with Gasteiger partial charge in [0.2, 0.25) is 11.8 Å². The normalized spacial score (nSPS) is 21.0. The Balaban J connectivity index is 1.59. The van der Waals surface area contributed by atoms with Gasteiger partial charge in [-0.1, -0.05) is 11.6 Å². The van der Waals surface area contributed by atoms with Crippen LogP contribution < -0.4 is 10.1 Å². The zero-order valence-corrected chi connectivity index (χ0v) is 13.3. The second-order valence-corrected chi connectivity index (χ2v) is 5.90. The highest BCUT2D eigenvalue weighted by Crippen LogP contribution is 2.32. The quantitative estimate of drug-likeness (QED) is 0.905. The van der Waals surface area contributed by atoms with Crippen LogP contribution in [0.2, 0.25) is 5.02 Å². The summed E-state index contributed by atoms with van der Waals surface area (Å²) in [7, 11) is 1.53. The third-order valence-corrected chi connectivity index (χ3v) is 4.09. The number of halogens is 1. The molecule has 0 aromatic carbocycles. The first kappa shape index (κ1) is 15.0. The fourth-order valence-electron chi connectivity index (χ4n) is 2.80. The highest BCUT2D eigenvalue weighted by atomic mass is 35.5. The van der Waals surface area contributed by atoms with Gasteiger partial charge in [-0.2, -0.15) is 4.98 Å². The Hall–Kier alpha value is -1.89. The number of aryl methyl sites for hydroxylation is 1. The lowest BCUT2D eigenvalue weighted by Gasteiger charge is -2.14. The summed E-state index contributed by atoms with van der Waals surface area (Å²) in [6.07, 6.45) is 5.55. The molecule has 0 radical (unpaired) electrons. The van der Waals surface area contributed by atoms with E-state index in [9.17, 15) is 0 Å². The van der Waals surface area contributed by atoms with E-state index in [1.54, 1.807) is 13.1 Å². The number of anilines is 1. The minimum absolute atomic E-state index is 0.308. The number of nitrogens with zero attached hydrogens (tertiary/aromatic N) is 4. The average molecular weight is 324 g/mol. The van der Waals surface area contributed by atoms with Crippen molar-refractivity contribution in [1.82, 2.24) is 20.2 Å². The van der Waals surface area contributed by atoms with E-state index >= 15 is 0 Å². The predicted molar refractivity (Wildman–Crippen MR) is 81.1 cm³/mol. The first-order valence-electron chi connectivity index (χ1n) is 7.26. The maximum atomic E-state index is 6.12. The molecule has 2 aromatic rings. The number of ether oxygens (including phenoxy) is 1. The maximum absolute atomic E-state index is 6.12. The molecule has 0 bridgehead atoms. The Morgan fingerprint density at radius 1 is 1.41 bits per heavy atom. The van der Waals surface area contributed by atoms with E-state index < -0.39 is 0 Å². The van der Waals surface area contributed by atoms with Crippen LogP contribution >= 0.6 is 11.6 Å². The number of hydrogen-bond acceptors (Lipinski definition) is 7. The summed E-state index contributed by atoms with van der Waals surface area (Å²) < 4.78 is 10.5. The van der Waals surface area contributed by atoms with Crippen LogP contribution in [-0.4, -0.2) is 33.3 Å². The average Bonchev–Trinajstić information content (AvgIpc) is 3.11. The molecular formula is C14H18ClN5O2. The summed E-state index contributed by atoms with van der Waals surface area (Å²) in [5, 5.41) is 11.8. The molecule has 8 heteroatoms. The van der Waals surface area contributed by atoms with E-state index in [2.05, 4.69) is 25.5 Å². The van der Waals surface area contributed by atoms with Crippen molar-refractivity contribution in [2.45, 2.75) is 38.6 Å². The van der Waals surface area contributed by atoms with Crippen LogP contribution in [0.5, 0.6) is 6.01 Å². The van der Waals surface area contributed by atoms with Crippen LogP contribution in [0.25, 0.3) is 0 Å². The van der Waals surface area contributed by atoms with Gasteiger partial charge in [-0.25, -0.2) is 4.98 Å². The van der Waals surface area contributed by atoms with Crippen molar-refractivity contribution in [1.29, 1.82) is 0 Å². The van der Waals surface area contributed by atoms with E-state index in [0.29, 0.717) is 40.6 Å². The topological polar surface area (TPSA) is 86.0 Å². The fourth-order valence-corrected chi connectivity index (χ4v) is 2.95. The smallest absolute Gasteiger partial charge is 0.318 e. The van der Waals surface area contributed by atoms with Crippen molar-refractivity contribution in [3.05, 3.63) is 23.0 Å². The molecule has 3 rings (SSSR count). The summed E-state index contributed by atoms with van der Waals surface area (Å²) in [5.74, 6) is 2.47. The SMILES string of the molecule is COc1ncc(Cl)c(N[C@H]2CC[C@@H](Cc3nnc(C)o3)C2)n1. The van der Waals surface area contributed by atoms with Gasteiger partial charge < -0.3 is 14.5 Å². The van der Waals surface area contributed by atoms with Crippen LogP contribution in [0.1, 0.15) is 31.0 Å². The standard InChI is InChI=1S/C14H18ClN5O2/c1-8-19-20-12(22-8)6-9-3-4-10(5-9)17-13-11(15)7-16-14(18-13)21-2/h7,9-10H,3-6H2,1-2H3,(H,16,17,18)/t9-,10+/m1/s1. The molecule has 2 atom stereocenters. The first-order chi connectivity index (χ1) is 10.6. The zero-order valence-electron chi connectivity index (χ0n) is 12.5. The molecular weight excluding hydrogens is 306 g/mol. The van der Waals surface area contributed by atoms with E-state index in [4.69, 9.17) is 20.8 Å². The molecule has 2 heterocycles. The van der Waals surface area contributed by atoms with Gasteiger partial charge in [-0.05, 0) is 25.2 Å². The summed E-state index contributed by atoms with van der Waals surface area (Å²) in [4.78, 5) is 8.22. The molecule has 1 aliphatic rings. The Bertz CT molecular complexity index is 648. The molecule has 0 amide bonds. The lowest BCUT2D eigenvalue weighted by molar-refractivity contribution is 0.380. The van der Waals surface area contributed by atoms with Crippen LogP contribution in [0.3, 0.4) is 0 Å². The molecule has 2 aromatic heterocycles. The summed E-state index contributed by atoms with van der Waals surface area (Å²) in [5.41, 5.74) is 0. The molecule has 1 N–H and O–H groups in total. The summed E-state index contributed by atoms with van der Waals surface area (Å²) in [6, 6.07) is 0.633. The molecule has 0 spiro atoms. The molecule has 1 saturated carbocycles. The van der Waals surface area contributed by atoms with Crippen molar-refractivity contribution in [3.8, 4) is 6.01 Å². The lowest BCUT2D eigenvalue weighted by atomic mass is 10.0. The van der Waals surface area contributed by atoms with Gasteiger partial charge in [0.05, 0.1) is 13.3 Å². The van der Waals surface area contributed by atoms with E-state index in [1.165, 1.54) is 7.11 Å². The van der Waals surface area contributed by atoms with Gasteiger partial charge in [0.1, 0.15) is 5.02 Å². The third-order valence-electron chi connectivity index (χ3n) is 3.82. The number of aromatic nitrogens is 4. The van der Waals surface area contributed by atoms with E-state index in [0.717, 1.165) is 25.7 Å². The monoisotopic (exact) mass is 323 g/mol. The van der Waals surface area contributed by atoms with Gasteiger partial charge >= 0.3 is 6.01 Å². The number of rotatable bonds is 5. The van der Waals surface area contributed by atoms with E-state index in [1.807, 2.05) is 0 Å². The molecule has 118 valence electrons. The molecule has 0 aliphatic heterocycles. The second kappa shape index (κ2) is 6.48. The third kappa shape index (κ3) is 3.47. The number of hydrogen-bond donors (Lipinski definition) is 1. The van der Waals surface area contributed by atoms with Crippen molar-refractivity contribution in [2.24, 2.45) is 5.92 Å². The van der Waals surface area contributed by atoms with Gasteiger partial charge in [0.15, 0.2) is 5.82 Å². The van der Waals surface area contributed by atoms with Gasteiger partial charge in [-0.15, -0.1) is 10.2 Å². The van der Waals surface area contributed by atoms with Crippen LogP contribution in [-0.2, 0) is 6.42 Å². The summed E-state index contributed by atoms with van der Waals surface area (Å²) >= 11 is 6.12. The molecule has 7 nitrogen and oxygen atoms in total. The van der Waals surface area contributed by atoms with Gasteiger partial charge in [0, 0.05) is 19.4 Å².